The van der Waals surface area contributed by atoms with Crippen molar-refractivity contribution >= 4 is 5.91 Å². The van der Waals surface area contributed by atoms with Crippen LogP contribution in [0.5, 0.6) is 0 Å². The van der Waals surface area contributed by atoms with Gasteiger partial charge < -0.3 is 18.8 Å². The summed E-state index contributed by atoms with van der Waals surface area (Å²) in [5, 5.41) is 1.21. The van der Waals surface area contributed by atoms with E-state index in [-0.39, 0.29) is 18.1 Å². The van der Waals surface area contributed by atoms with Gasteiger partial charge >= 0.3 is 0 Å². The Morgan fingerprint density at radius 1 is 1.34 bits per heavy atom. The molecule has 0 bridgehead atoms. The average molecular weight is 398 g/mol. The van der Waals surface area contributed by atoms with Crippen LogP contribution in [0.1, 0.15) is 28.2 Å². The number of nitrogens with zero attached hydrogens (tertiary/aromatic N) is 2. The summed E-state index contributed by atoms with van der Waals surface area (Å²) >= 11 is 0. The Morgan fingerprint density at radius 3 is 2.86 bits per heavy atom. The molecule has 2 aliphatic rings. The molecule has 0 radical (unpaired) electrons. The Kier molecular flexibility index (Phi) is 5.56. The number of hydroxylamine groups is 2. The number of benzene rings is 1. The maximum atomic E-state index is 12.6. The zero-order valence-electron chi connectivity index (χ0n) is 16.7. The molecular weight excluding hydrogens is 372 g/mol. The smallest absolute Gasteiger partial charge is 0.293 e. The van der Waals surface area contributed by atoms with Crippen LogP contribution in [0.15, 0.2) is 55.1 Å². The molecular formula is C22H26N2O5. The monoisotopic (exact) mass is 398 g/mol. The number of carbonyl (C=O) groups is 1. The Hall–Kier alpha value is -2.45. The van der Waals surface area contributed by atoms with E-state index >= 15 is 0 Å². The van der Waals surface area contributed by atoms with Crippen LogP contribution < -0.4 is 0 Å². The maximum Gasteiger partial charge on any atom is 0.293 e. The van der Waals surface area contributed by atoms with Gasteiger partial charge in [-0.3, -0.25) is 9.63 Å². The molecule has 1 aromatic carbocycles. The highest BCUT2D eigenvalue weighted by atomic mass is 16.7. The summed E-state index contributed by atoms with van der Waals surface area (Å²) in [5.74, 6) is -1.07. The van der Waals surface area contributed by atoms with Crippen LogP contribution in [0.2, 0.25) is 0 Å². The summed E-state index contributed by atoms with van der Waals surface area (Å²) in [4.78, 5) is 17.7. The van der Waals surface area contributed by atoms with Crippen molar-refractivity contribution in [2.24, 2.45) is 0 Å². The van der Waals surface area contributed by atoms with E-state index in [4.69, 9.17) is 19.0 Å². The SMILES string of the molecule is C=C[C@H]1O[C@@]2(C[C@@H]1OCc1ccccc1)Cn1c(ccc1C(=O)N(C)OC)CO2. The van der Waals surface area contributed by atoms with Gasteiger partial charge in [0, 0.05) is 19.2 Å². The Morgan fingerprint density at radius 2 is 2.14 bits per heavy atom. The van der Waals surface area contributed by atoms with Crippen molar-refractivity contribution in [3.8, 4) is 0 Å². The summed E-state index contributed by atoms with van der Waals surface area (Å²) in [5.41, 5.74) is 2.57. The van der Waals surface area contributed by atoms with Crippen molar-refractivity contribution in [1.82, 2.24) is 9.63 Å². The summed E-state index contributed by atoms with van der Waals surface area (Å²) in [6.07, 6.45) is 1.85. The van der Waals surface area contributed by atoms with Crippen molar-refractivity contribution in [2.45, 2.75) is 44.2 Å². The van der Waals surface area contributed by atoms with Crippen LogP contribution in [0.25, 0.3) is 0 Å². The quantitative estimate of drug-likeness (QED) is 0.553. The molecule has 29 heavy (non-hydrogen) atoms. The first kappa shape index (κ1) is 19.8. The fourth-order valence-electron chi connectivity index (χ4n) is 3.87. The number of amides is 1. The van der Waals surface area contributed by atoms with E-state index < -0.39 is 5.79 Å². The van der Waals surface area contributed by atoms with Gasteiger partial charge in [-0.2, -0.15) is 0 Å². The summed E-state index contributed by atoms with van der Waals surface area (Å²) in [7, 11) is 3.05. The number of rotatable bonds is 6. The predicted molar refractivity (Wildman–Crippen MR) is 106 cm³/mol. The molecule has 3 heterocycles. The molecule has 1 aromatic heterocycles. The van der Waals surface area contributed by atoms with Gasteiger partial charge in [0.25, 0.3) is 5.91 Å². The molecule has 1 spiro atoms. The molecule has 7 heteroatoms. The highest BCUT2D eigenvalue weighted by molar-refractivity contribution is 5.92. The van der Waals surface area contributed by atoms with Crippen LogP contribution in [0.3, 0.4) is 0 Å². The minimum Gasteiger partial charge on any atom is -0.370 e. The molecule has 0 aliphatic carbocycles. The van der Waals surface area contributed by atoms with E-state index in [2.05, 4.69) is 6.58 Å². The van der Waals surface area contributed by atoms with Crippen LogP contribution in [0, 0.1) is 0 Å². The average Bonchev–Trinajstić information content (AvgIpc) is 3.32. The molecule has 1 amide bonds. The second kappa shape index (κ2) is 8.12. The van der Waals surface area contributed by atoms with E-state index in [1.54, 1.807) is 19.2 Å². The summed E-state index contributed by atoms with van der Waals surface area (Å²) < 4.78 is 20.5. The van der Waals surface area contributed by atoms with E-state index in [1.165, 1.54) is 12.2 Å². The number of hydrogen-bond acceptors (Lipinski definition) is 5. The lowest BCUT2D eigenvalue weighted by atomic mass is 10.1. The van der Waals surface area contributed by atoms with E-state index in [9.17, 15) is 4.79 Å². The first-order chi connectivity index (χ1) is 14.0. The topological polar surface area (TPSA) is 62.2 Å². The third-order valence-corrected chi connectivity index (χ3v) is 5.50. The molecule has 7 nitrogen and oxygen atoms in total. The normalized spacial score (nSPS) is 25.7. The highest BCUT2D eigenvalue weighted by Crippen LogP contribution is 2.40. The summed E-state index contributed by atoms with van der Waals surface area (Å²) in [6, 6.07) is 13.7. The zero-order chi connectivity index (χ0) is 20.4. The lowest BCUT2D eigenvalue weighted by molar-refractivity contribution is -0.246. The number of fused-ring (bicyclic) bond motifs is 1. The molecule has 0 N–H and O–H groups in total. The van der Waals surface area contributed by atoms with Crippen LogP contribution in [0.4, 0.5) is 0 Å². The van der Waals surface area contributed by atoms with Gasteiger partial charge in [0.1, 0.15) is 11.8 Å². The minimum absolute atomic E-state index is 0.175. The molecule has 3 atom stereocenters. The molecule has 0 saturated carbocycles. The van der Waals surface area contributed by atoms with Gasteiger partial charge in [-0.15, -0.1) is 6.58 Å². The van der Waals surface area contributed by atoms with Crippen LogP contribution in [-0.4, -0.2) is 47.7 Å². The number of carbonyl (C=O) groups excluding carboxylic acids is 1. The second-order valence-corrected chi connectivity index (χ2v) is 7.34. The third kappa shape index (κ3) is 3.86. The van der Waals surface area contributed by atoms with Crippen molar-refractivity contribution in [2.75, 3.05) is 14.2 Å². The second-order valence-electron chi connectivity index (χ2n) is 7.34. The fraction of sp³-hybridized carbons (Fsp3) is 0.409. The van der Waals surface area contributed by atoms with Crippen molar-refractivity contribution in [3.05, 3.63) is 72.1 Å². The molecule has 2 aromatic rings. The van der Waals surface area contributed by atoms with E-state index in [0.717, 1.165) is 11.3 Å². The Bertz CT molecular complexity index is 881. The Labute approximate surface area is 170 Å². The van der Waals surface area contributed by atoms with Crippen molar-refractivity contribution in [3.63, 3.8) is 0 Å². The number of aromatic nitrogens is 1. The molecule has 0 unspecified atom stereocenters. The highest BCUT2D eigenvalue weighted by Gasteiger charge is 2.49. The third-order valence-electron chi connectivity index (χ3n) is 5.50. The molecule has 1 fully saturated rings. The standard InChI is InChI=1S/C22H26N2O5/c1-4-19-20(27-13-16-8-6-5-7-9-16)12-22(29-19)15-24-17(14-28-22)10-11-18(24)21(25)23(2)26-3/h4-11,19-20H,1,12-15H2,2-3H3/t19-,20+,22+/m1/s1. The first-order valence-electron chi connectivity index (χ1n) is 9.65. The molecule has 154 valence electrons. The first-order valence-corrected chi connectivity index (χ1v) is 9.65. The maximum absolute atomic E-state index is 12.6. The summed E-state index contributed by atoms with van der Waals surface area (Å²) in [6.45, 7) is 5.15. The van der Waals surface area contributed by atoms with Crippen LogP contribution >= 0.6 is 0 Å². The van der Waals surface area contributed by atoms with Gasteiger partial charge in [-0.05, 0) is 17.7 Å². The van der Waals surface area contributed by atoms with Crippen molar-refractivity contribution < 1.29 is 23.8 Å². The number of hydrogen-bond donors (Lipinski definition) is 0. The van der Waals surface area contributed by atoms with Gasteiger partial charge in [0.05, 0.1) is 33.0 Å². The van der Waals surface area contributed by atoms with Gasteiger partial charge in [0.15, 0.2) is 5.79 Å². The number of ether oxygens (including phenoxy) is 3. The van der Waals surface area contributed by atoms with Crippen molar-refractivity contribution in [1.29, 1.82) is 0 Å². The fourth-order valence-corrected chi connectivity index (χ4v) is 3.87. The largest absolute Gasteiger partial charge is 0.370 e. The van der Waals surface area contributed by atoms with E-state index in [1.807, 2.05) is 41.0 Å². The molecule has 4 rings (SSSR count). The van der Waals surface area contributed by atoms with Gasteiger partial charge in [0.2, 0.25) is 0 Å². The Balaban J connectivity index is 1.50. The molecule has 2 aliphatic heterocycles. The minimum atomic E-state index is -0.854. The predicted octanol–water partition coefficient (Wildman–Crippen LogP) is 2.91. The zero-order valence-corrected chi connectivity index (χ0v) is 16.7. The molecule has 1 saturated heterocycles. The lowest BCUT2D eigenvalue weighted by Crippen LogP contribution is -2.43. The van der Waals surface area contributed by atoms with Crippen LogP contribution in [-0.2, 0) is 38.8 Å². The van der Waals surface area contributed by atoms with Gasteiger partial charge in [-0.25, -0.2) is 5.06 Å². The lowest BCUT2D eigenvalue weighted by Gasteiger charge is -2.35. The van der Waals surface area contributed by atoms with Gasteiger partial charge in [-0.1, -0.05) is 36.4 Å². The van der Waals surface area contributed by atoms with E-state index in [0.29, 0.717) is 31.9 Å².